The molecular weight excluding hydrogens is 336 g/mol. The van der Waals surface area contributed by atoms with Crippen molar-refractivity contribution in [3.8, 4) is 0 Å². The highest BCUT2D eigenvalue weighted by Gasteiger charge is 2.26. The number of carbonyl (C=O) groups excluding carboxylic acids is 1. The van der Waals surface area contributed by atoms with E-state index in [1.807, 2.05) is 37.3 Å². The quantitative estimate of drug-likeness (QED) is 0.860. The molecule has 2 aromatic rings. The number of carbonyl (C=O) groups is 1. The van der Waals surface area contributed by atoms with Gasteiger partial charge in [0.2, 0.25) is 10.0 Å². The minimum absolute atomic E-state index is 0.0318. The molecule has 0 atom stereocenters. The second-order valence-electron chi connectivity index (χ2n) is 6.19. The predicted octanol–water partition coefficient (Wildman–Crippen LogP) is 3.43. The van der Waals surface area contributed by atoms with Crippen molar-refractivity contribution in [1.82, 2.24) is 0 Å². The van der Waals surface area contributed by atoms with Gasteiger partial charge in [-0.1, -0.05) is 31.5 Å². The van der Waals surface area contributed by atoms with Crippen molar-refractivity contribution in [3.63, 3.8) is 0 Å². The number of amides is 1. The van der Waals surface area contributed by atoms with Gasteiger partial charge in [0.1, 0.15) is 0 Å². The molecule has 0 unspecified atom stereocenters. The number of hydrogen-bond acceptors (Lipinski definition) is 3. The van der Waals surface area contributed by atoms with Crippen LogP contribution in [0.1, 0.15) is 35.7 Å². The van der Waals surface area contributed by atoms with Crippen molar-refractivity contribution < 1.29 is 13.2 Å². The molecule has 1 N–H and O–H groups in total. The van der Waals surface area contributed by atoms with Crippen LogP contribution in [0.15, 0.2) is 48.5 Å². The number of fused-ring (bicyclic) bond motifs is 1. The fraction of sp³-hybridized carbons (Fsp3) is 0.316. The van der Waals surface area contributed by atoms with Crippen molar-refractivity contribution in [2.24, 2.45) is 0 Å². The summed E-state index contributed by atoms with van der Waals surface area (Å²) in [6.45, 7) is 2.57. The number of benzene rings is 2. The Morgan fingerprint density at radius 3 is 2.64 bits per heavy atom. The standard InChI is InChI=1S/C19H22N2O3S/c1-2-3-13-25(23,24)20-17-9-10-18-16(14-17)11-12-21(18)19(22)15-7-5-4-6-8-15/h4-10,14,20H,2-3,11-13H2,1H3. The molecular formula is C19H22N2O3S. The van der Waals surface area contributed by atoms with Crippen LogP contribution in [-0.2, 0) is 16.4 Å². The van der Waals surface area contributed by atoms with E-state index < -0.39 is 10.0 Å². The van der Waals surface area contributed by atoms with Crippen LogP contribution in [0.5, 0.6) is 0 Å². The average molecular weight is 358 g/mol. The van der Waals surface area contributed by atoms with Crippen molar-refractivity contribution in [2.75, 3.05) is 21.9 Å². The number of sulfonamides is 1. The predicted molar refractivity (Wildman–Crippen MR) is 101 cm³/mol. The molecule has 0 saturated carbocycles. The van der Waals surface area contributed by atoms with E-state index in [4.69, 9.17) is 0 Å². The molecule has 0 aliphatic carbocycles. The molecule has 6 heteroatoms. The smallest absolute Gasteiger partial charge is 0.258 e. The highest BCUT2D eigenvalue weighted by Crippen LogP contribution is 2.32. The molecule has 132 valence electrons. The first-order valence-electron chi connectivity index (χ1n) is 8.50. The summed E-state index contributed by atoms with van der Waals surface area (Å²) in [6, 6.07) is 14.5. The van der Waals surface area contributed by atoms with E-state index in [1.54, 1.807) is 23.1 Å². The van der Waals surface area contributed by atoms with Gasteiger partial charge in [-0.2, -0.15) is 0 Å². The van der Waals surface area contributed by atoms with Gasteiger partial charge in [0.15, 0.2) is 0 Å². The zero-order chi connectivity index (χ0) is 17.9. The van der Waals surface area contributed by atoms with Gasteiger partial charge < -0.3 is 4.90 Å². The summed E-state index contributed by atoms with van der Waals surface area (Å²) >= 11 is 0. The summed E-state index contributed by atoms with van der Waals surface area (Å²) < 4.78 is 26.7. The summed E-state index contributed by atoms with van der Waals surface area (Å²) in [5, 5.41) is 0. The zero-order valence-electron chi connectivity index (χ0n) is 14.2. The minimum Gasteiger partial charge on any atom is -0.308 e. The summed E-state index contributed by atoms with van der Waals surface area (Å²) in [5.74, 6) is 0.0924. The molecule has 0 aromatic heterocycles. The number of unbranched alkanes of at least 4 members (excludes halogenated alkanes) is 1. The van der Waals surface area contributed by atoms with Crippen molar-refractivity contribution >= 4 is 27.3 Å². The summed E-state index contributed by atoms with van der Waals surface area (Å²) in [4.78, 5) is 14.4. The summed E-state index contributed by atoms with van der Waals surface area (Å²) in [7, 11) is -3.32. The van der Waals surface area contributed by atoms with Gasteiger partial charge in [-0.05, 0) is 48.7 Å². The number of rotatable bonds is 6. The Morgan fingerprint density at radius 2 is 1.92 bits per heavy atom. The maximum Gasteiger partial charge on any atom is 0.258 e. The summed E-state index contributed by atoms with van der Waals surface area (Å²) in [5.41, 5.74) is 3.05. The molecule has 1 aliphatic rings. The van der Waals surface area contributed by atoms with Crippen LogP contribution in [0.25, 0.3) is 0 Å². The lowest BCUT2D eigenvalue weighted by molar-refractivity contribution is 0.0989. The molecule has 0 bridgehead atoms. The molecule has 0 spiro atoms. The second-order valence-corrected chi connectivity index (χ2v) is 8.03. The lowest BCUT2D eigenvalue weighted by Gasteiger charge is -2.18. The van der Waals surface area contributed by atoms with Gasteiger partial charge in [0.25, 0.3) is 5.91 Å². The van der Waals surface area contributed by atoms with E-state index in [0.29, 0.717) is 24.2 Å². The van der Waals surface area contributed by atoms with E-state index in [-0.39, 0.29) is 11.7 Å². The van der Waals surface area contributed by atoms with Gasteiger partial charge in [0.05, 0.1) is 5.75 Å². The van der Waals surface area contributed by atoms with Gasteiger partial charge in [-0.15, -0.1) is 0 Å². The van der Waals surface area contributed by atoms with Crippen LogP contribution in [0, 0.1) is 0 Å². The maximum absolute atomic E-state index is 12.7. The van der Waals surface area contributed by atoms with Crippen LogP contribution >= 0.6 is 0 Å². The highest BCUT2D eigenvalue weighted by atomic mass is 32.2. The molecule has 5 nitrogen and oxygen atoms in total. The zero-order valence-corrected chi connectivity index (χ0v) is 15.1. The molecule has 1 aliphatic heterocycles. The number of nitrogens with zero attached hydrogens (tertiary/aromatic N) is 1. The molecule has 3 rings (SSSR count). The maximum atomic E-state index is 12.7. The Bertz CT molecular complexity index is 863. The molecule has 25 heavy (non-hydrogen) atoms. The first-order valence-corrected chi connectivity index (χ1v) is 10.2. The Balaban J connectivity index is 1.78. The fourth-order valence-corrected chi connectivity index (χ4v) is 4.23. The largest absolute Gasteiger partial charge is 0.308 e. The third kappa shape index (κ3) is 4.02. The first kappa shape index (κ1) is 17.5. The fourth-order valence-electron chi connectivity index (χ4n) is 2.98. The first-order chi connectivity index (χ1) is 12.0. The average Bonchev–Trinajstić information content (AvgIpc) is 3.03. The topological polar surface area (TPSA) is 66.5 Å². The lowest BCUT2D eigenvalue weighted by Crippen LogP contribution is -2.28. The molecule has 2 aromatic carbocycles. The van der Waals surface area contributed by atoms with Gasteiger partial charge in [-0.3, -0.25) is 9.52 Å². The van der Waals surface area contributed by atoms with Crippen LogP contribution in [0.2, 0.25) is 0 Å². The van der Waals surface area contributed by atoms with Gasteiger partial charge in [0, 0.05) is 23.5 Å². The highest BCUT2D eigenvalue weighted by molar-refractivity contribution is 7.92. The number of anilines is 2. The second kappa shape index (κ2) is 7.27. The van der Waals surface area contributed by atoms with Crippen LogP contribution in [0.3, 0.4) is 0 Å². The van der Waals surface area contributed by atoms with E-state index in [2.05, 4.69) is 4.72 Å². The van der Waals surface area contributed by atoms with Crippen molar-refractivity contribution in [1.29, 1.82) is 0 Å². The van der Waals surface area contributed by atoms with E-state index in [0.717, 1.165) is 24.1 Å². The Hall–Kier alpha value is -2.34. The van der Waals surface area contributed by atoms with Gasteiger partial charge in [-0.25, -0.2) is 8.42 Å². The molecule has 0 radical (unpaired) electrons. The van der Waals surface area contributed by atoms with Crippen molar-refractivity contribution in [2.45, 2.75) is 26.2 Å². The normalized spacial score (nSPS) is 13.6. The van der Waals surface area contributed by atoms with Crippen molar-refractivity contribution in [3.05, 3.63) is 59.7 Å². The lowest BCUT2D eigenvalue weighted by atomic mass is 10.1. The number of hydrogen-bond donors (Lipinski definition) is 1. The number of nitrogens with one attached hydrogen (secondary N) is 1. The van der Waals surface area contributed by atoms with E-state index >= 15 is 0 Å². The van der Waals surface area contributed by atoms with Crippen LogP contribution < -0.4 is 9.62 Å². The third-order valence-electron chi connectivity index (χ3n) is 4.28. The monoisotopic (exact) mass is 358 g/mol. The minimum atomic E-state index is -3.32. The molecule has 1 heterocycles. The van der Waals surface area contributed by atoms with Gasteiger partial charge >= 0.3 is 0 Å². The molecule has 1 amide bonds. The Labute approximate surface area is 148 Å². The molecule has 0 saturated heterocycles. The molecule has 0 fully saturated rings. The summed E-state index contributed by atoms with van der Waals surface area (Å²) in [6.07, 6.45) is 2.19. The van der Waals surface area contributed by atoms with E-state index in [9.17, 15) is 13.2 Å². The SMILES string of the molecule is CCCCS(=O)(=O)Nc1ccc2c(c1)CCN2C(=O)c1ccccc1. The van der Waals surface area contributed by atoms with Crippen LogP contribution in [0.4, 0.5) is 11.4 Å². The van der Waals surface area contributed by atoms with E-state index in [1.165, 1.54) is 0 Å². The Kier molecular flexibility index (Phi) is 5.08. The third-order valence-corrected chi connectivity index (χ3v) is 5.65. The Morgan fingerprint density at radius 1 is 1.16 bits per heavy atom. The van der Waals surface area contributed by atoms with Crippen LogP contribution in [-0.4, -0.2) is 26.6 Å².